The van der Waals surface area contributed by atoms with Crippen LogP contribution in [0.25, 0.3) is 0 Å². The number of ether oxygens (including phenoxy) is 1. The average molecular weight is 316 g/mol. The Morgan fingerprint density at radius 2 is 1.91 bits per heavy atom. The molecule has 0 spiro atoms. The number of hydrogen-bond acceptors (Lipinski definition) is 3. The second kappa shape index (κ2) is 7.40. The number of primary amides is 1. The van der Waals surface area contributed by atoms with E-state index in [1.807, 2.05) is 0 Å². The highest BCUT2D eigenvalue weighted by Gasteiger charge is 2.17. The van der Waals surface area contributed by atoms with Gasteiger partial charge < -0.3 is 15.4 Å². The lowest BCUT2D eigenvalue weighted by Gasteiger charge is -2.19. The van der Waals surface area contributed by atoms with Crippen LogP contribution in [0, 0.1) is 5.82 Å². The first-order chi connectivity index (χ1) is 11.0. The lowest BCUT2D eigenvalue weighted by molar-refractivity contribution is -0.119. The molecule has 0 bridgehead atoms. The third kappa shape index (κ3) is 4.54. The maximum Gasteiger partial charge on any atom is 0.257 e. The van der Waals surface area contributed by atoms with Crippen LogP contribution >= 0.6 is 0 Å². The number of nitrogens with two attached hydrogens (primary N) is 1. The summed E-state index contributed by atoms with van der Waals surface area (Å²) in [4.78, 5) is 24.8. The van der Waals surface area contributed by atoms with Crippen molar-refractivity contribution in [1.29, 1.82) is 0 Å². The minimum Gasteiger partial charge on any atom is -0.483 e. The number of carbonyl (C=O) groups is 2. The Bertz CT molecular complexity index is 718. The Morgan fingerprint density at radius 1 is 1.17 bits per heavy atom. The number of para-hydroxylation sites is 1. The smallest absolute Gasteiger partial charge is 0.257 e. The minimum atomic E-state index is -0.625. The van der Waals surface area contributed by atoms with Gasteiger partial charge in [-0.3, -0.25) is 9.59 Å². The first kappa shape index (κ1) is 16.5. The topological polar surface area (TPSA) is 72.6 Å². The predicted octanol–water partition coefficient (Wildman–Crippen LogP) is 1.96. The van der Waals surface area contributed by atoms with Crippen molar-refractivity contribution in [2.75, 3.05) is 13.7 Å². The predicted molar refractivity (Wildman–Crippen MR) is 83.3 cm³/mol. The Kier molecular flexibility index (Phi) is 5.30. The van der Waals surface area contributed by atoms with Crippen LogP contribution in [0.15, 0.2) is 48.5 Å². The fraction of sp³-hybridized carbons (Fsp3) is 0.176. The maximum absolute atomic E-state index is 13.2. The molecule has 23 heavy (non-hydrogen) atoms. The van der Waals surface area contributed by atoms with E-state index in [4.69, 9.17) is 10.5 Å². The summed E-state index contributed by atoms with van der Waals surface area (Å²) in [6, 6.07) is 12.6. The molecule has 0 radical (unpaired) electrons. The van der Waals surface area contributed by atoms with Gasteiger partial charge in [0, 0.05) is 13.6 Å². The van der Waals surface area contributed by atoms with Crippen molar-refractivity contribution in [1.82, 2.24) is 4.90 Å². The number of nitrogens with zero attached hydrogens (tertiary/aromatic N) is 1. The number of amides is 2. The summed E-state index contributed by atoms with van der Waals surface area (Å²) in [7, 11) is 1.61. The molecule has 0 aromatic heterocycles. The summed E-state index contributed by atoms with van der Waals surface area (Å²) in [6.07, 6.45) is 0. The van der Waals surface area contributed by atoms with Gasteiger partial charge >= 0.3 is 0 Å². The van der Waals surface area contributed by atoms with E-state index < -0.39 is 5.91 Å². The fourth-order valence-corrected chi connectivity index (χ4v) is 2.10. The van der Waals surface area contributed by atoms with Crippen molar-refractivity contribution in [2.45, 2.75) is 6.54 Å². The molecule has 2 aromatic carbocycles. The second-order valence-electron chi connectivity index (χ2n) is 5.04. The normalized spacial score (nSPS) is 10.2. The Balaban J connectivity index is 2.14. The van der Waals surface area contributed by atoms with Crippen molar-refractivity contribution < 1.29 is 18.7 Å². The molecule has 5 nitrogen and oxygen atoms in total. The van der Waals surface area contributed by atoms with Gasteiger partial charge in [0.1, 0.15) is 11.6 Å². The zero-order valence-electron chi connectivity index (χ0n) is 12.7. The summed E-state index contributed by atoms with van der Waals surface area (Å²) in [5.74, 6) is -0.995. The molecule has 2 N–H and O–H groups in total. The van der Waals surface area contributed by atoms with E-state index in [1.54, 1.807) is 43.4 Å². The monoisotopic (exact) mass is 316 g/mol. The van der Waals surface area contributed by atoms with Gasteiger partial charge in [-0.25, -0.2) is 4.39 Å². The lowest BCUT2D eigenvalue weighted by atomic mass is 10.1. The molecule has 120 valence electrons. The summed E-state index contributed by atoms with van der Waals surface area (Å²) in [6.45, 7) is -0.0569. The molecule has 0 aliphatic carbocycles. The Morgan fingerprint density at radius 3 is 2.61 bits per heavy atom. The zero-order chi connectivity index (χ0) is 16.8. The van der Waals surface area contributed by atoms with E-state index in [2.05, 4.69) is 0 Å². The van der Waals surface area contributed by atoms with Gasteiger partial charge in [-0.15, -0.1) is 0 Å². The van der Waals surface area contributed by atoms with Crippen LogP contribution in [0.1, 0.15) is 15.9 Å². The highest BCUT2D eigenvalue weighted by Crippen LogP contribution is 2.20. The molecular weight excluding hydrogens is 299 g/mol. The highest BCUT2D eigenvalue weighted by molar-refractivity contribution is 5.96. The van der Waals surface area contributed by atoms with Gasteiger partial charge in [0.15, 0.2) is 6.61 Å². The van der Waals surface area contributed by atoms with Crippen molar-refractivity contribution in [3.8, 4) is 5.75 Å². The van der Waals surface area contributed by atoms with Crippen LogP contribution < -0.4 is 10.5 Å². The largest absolute Gasteiger partial charge is 0.483 e. The van der Waals surface area contributed by atoms with Crippen molar-refractivity contribution in [3.05, 3.63) is 65.5 Å². The summed E-state index contributed by atoms with van der Waals surface area (Å²) < 4.78 is 18.5. The van der Waals surface area contributed by atoms with Crippen LogP contribution in [0.5, 0.6) is 5.75 Å². The third-order valence-electron chi connectivity index (χ3n) is 3.14. The number of carbonyl (C=O) groups excluding carboxylic acids is 2. The van der Waals surface area contributed by atoms with Gasteiger partial charge in [0.2, 0.25) is 0 Å². The number of halogens is 1. The van der Waals surface area contributed by atoms with E-state index in [0.29, 0.717) is 11.1 Å². The summed E-state index contributed by atoms with van der Waals surface area (Å²) in [5.41, 5.74) is 6.04. The van der Waals surface area contributed by atoms with Gasteiger partial charge in [0.05, 0.1) is 5.56 Å². The van der Waals surface area contributed by atoms with E-state index in [0.717, 1.165) is 0 Å². The van der Waals surface area contributed by atoms with Crippen LogP contribution in [0.4, 0.5) is 4.39 Å². The second-order valence-corrected chi connectivity index (χ2v) is 5.04. The molecule has 0 saturated carbocycles. The van der Waals surface area contributed by atoms with Crippen LogP contribution in [-0.4, -0.2) is 30.4 Å². The van der Waals surface area contributed by atoms with Gasteiger partial charge in [-0.05, 0) is 29.8 Å². The third-order valence-corrected chi connectivity index (χ3v) is 3.14. The summed E-state index contributed by atoms with van der Waals surface area (Å²) >= 11 is 0. The van der Waals surface area contributed by atoms with Crippen molar-refractivity contribution >= 4 is 11.8 Å². The standard InChI is InChI=1S/C17H17FN2O3/c1-20(10-12-5-4-6-13(18)9-12)17(22)14-7-2-3-8-15(14)23-11-16(19)21/h2-9H,10-11H2,1H3,(H2,19,21). The molecule has 0 atom stereocenters. The molecule has 0 unspecified atom stereocenters. The summed E-state index contributed by atoms with van der Waals surface area (Å²) in [5, 5.41) is 0. The first-order valence-corrected chi connectivity index (χ1v) is 6.97. The van der Waals surface area contributed by atoms with Crippen LogP contribution in [-0.2, 0) is 11.3 Å². The Hall–Kier alpha value is -2.89. The quantitative estimate of drug-likeness (QED) is 0.885. The molecule has 2 aromatic rings. The molecule has 0 fully saturated rings. The molecule has 2 amide bonds. The zero-order valence-corrected chi connectivity index (χ0v) is 12.7. The first-order valence-electron chi connectivity index (χ1n) is 6.97. The SMILES string of the molecule is CN(Cc1cccc(F)c1)C(=O)c1ccccc1OCC(N)=O. The molecular formula is C17H17FN2O3. The molecule has 0 aliphatic rings. The molecule has 0 aliphatic heterocycles. The van der Waals surface area contributed by atoms with E-state index in [-0.39, 0.29) is 30.6 Å². The van der Waals surface area contributed by atoms with Crippen LogP contribution in [0.3, 0.4) is 0 Å². The number of hydrogen-bond donors (Lipinski definition) is 1. The molecule has 0 saturated heterocycles. The average Bonchev–Trinajstić information content (AvgIpc) is 2.52. The molecule has 6 heteroatoms. The number of benzene rings is 2. The van der Waals surface area contributed by atoms with Crippen molar-refractivity contribution in [3.63, 3.8) is 0 Å². The number of rotatable bonds is 6. The van der Waals surface area contributed by atoms with E-state index in [9.17, 15) is 14.0 Å². The molecule has 0 heterocycles. The van der Waals surface area contributed by atoms with Gasteiger partial charge in [-0.1, -0.05) is 24.3 Å². The maximum atomic E-state index is 13.2. The Labute approximate surface area is 133 Å². The lowest BCUT2D eigenvalue weighted by Crippen LogP contribution is -2.27. The van der Waals surface area contributed by atoms with Gasteiger partial charge in [-0.2, -0.15) is 0 Å². The van der Waals surface area contributed by atoms with E-state index in [1.165, 1.54) is 17.0 Å². The van der Waals surface area contributed by atoms with Gasteiger partial charge in [0.25, 0.3) is 11.8 Å². The molecule has 2 rings (SSSR count). The van der Waals surface area contributed by atoms with E-state index >= 15 is 0 Å². The highest BCUT2D eigenvalue weighted by atomic mass is 19.1. The van der Waals surface area contributed by atoms with Crippen molar-refractivity contribution in [2.24, 2.45) is 5.73 Å². The van der Waals surface area contributed by atoms with Crippen LogP contribution in [0.2, 0.25) is 0 Å². The fourth-order valence-electron chi connectivity index (χ4n) is 2.10. The minimum absolute atomic E-state index is 0.251.